The average Bonchev–Trinajstić information content (AvgIpc) is 3.15. The smallest absolute Gasteiger partial charge is 0.0346 e. The van der Waals surface area contributed by atoms with Crippen LogP contribution in [0.2, 0.25) is 0 Å². The zero-order valence-corrected chi connectivity index (χ0v) is 19.8. The molecule has 2 nitrogen and oxygen atoms in total. The lowest BCUT2D eigenvalue weighted by molar-refractivity contribution is -0.0624. The Morgan fingerprint density at radius 3 is 2.61 bits per heavy atom. The molecule has 0 radical (unpaired) electrons. The van der Waals surface area contributed by atoms with E-state index in [0.29, 0.717) is 5.41 Å². The summed E-state index contributed by atoms with van der Waals surface area (Å²) in [4.78, 5) is 6.81. The van der Waals surface area contributed by atoms with E-state index >= 15 is 0 Å². The highest BCUT2D eigenvalue weighted by molar-refractivity contribution is 5.82. The van der Waals surface area contributed by atoms with E-state index in [4.69, 9.17) is 0 Å². The first-order valence-electron chi connectivity index (χ1n) is 13.0. The zero-order chi connectivity index (χ0) is 21.2. The van der Waals surface area contributed by atoms with Gasteiger partial charge in [-0.15, -0.1) is 0 Å². The Kier molecular flexibility index (Phi) is 4.94. The molecule has 8 atom stereocenters. The number of nitrogens with zero attached hydrogens (tertiary/aromatic N) is 2. The predicted octanol–water partition coefficient (Wildman–Crippen LogP) is 6.90. The molecule has 4 saturated carbocycles. The summed E-state index contributed by atoms with van der Waals surface area (Å²) in [7, 11) is 4.59. The van der Waals surface area contributed by atoms with Crippen molar-refractivity contribution in [3.63, 3.8) is 0 Å². The number of rotatable bonds is 2. The molecule has 166 valence electrons. The fourth-order valence-corrected chi connectivity index (χ4v) is 9.16. The molecule has 2 aromatic rings. The van der Waals surface area contributed by atoms with Crippen LogP contribution in [-0.2, 0) is 0 Å². The van der Waals surface area contributed by atoms with E-state index in [1.807, 2.05) is 12.4 Å². The van der Waals surface area contributed by atoms with Crippen LogP contribution in [0.25, 0.3) is 10.8 Å². The molecule has 4 aliphatic rings. The van der Waals surface area contributed by atoms with Crippen LogP contribution in [0, 0.1) is 35.0 Å². The number of hydrogen-bond acceptors (Lipinski definition) is 2. The Morgan fingerprint density at radius 2 is 1.74 bits per heavy atom. The van der Waals surface area contributed by atoms with Crippen molar-refractivity contribution < 1.29 is 0 Å². The SMILES string of the molecule is CN(C)C1CCC2C(CCC3C2CCC2(C)C(c4ccc5cnccc5c4)CCC32)C1. The maximum atomic E-state index is 4.31. The molecule has 1 heterocycles. The van der Waals surface area contributed by atoms with E-state index in [1.54, 1.807) is 5.56 Å². The molecule has 1 aromatic heterocycles. The predicted molar refractivity (Wildman–Crippen MR) is 129 cm³/mol. The van der Waals surface area contributed by atoms with Gasteiger partial charge < -0.3 is 4.90 Å². The molecule has 2 heteroatoms. The molecule has 0 N–H and O–H groups in total. The van der Waals surface area contributed by atoms with Gasteiger partial charge in [0.05, 0.1) is 0 Å². The van der Waals surface area contributed by atoms with Crippen LogP contribution in [0.15, 0.2) is 36.7 Å². The van der Waals surface area contributed by atoms with Crippen molar-refractivity contribution in [2.24, 2.45) is 35.0 Å². The highest BCUT2D eigenvalue weighted by Gasteiger charge is 2.57. The normalized spacial score (nSPS) is 42.3. The molecule has 0 saturated heterocycles. The lowest BCUT2D eigenvalue weighted by Crippen LogP contribution is -2.49. The molecule has 4 fully saturated rings. The van der Waals surface area contributed by atoms with Gasteiger partial charge in [-0.1, -0.05) is 25.1 Å². The fraction of sp³-hybridized carbons (Fsp3) is 0.690. The second-order valence-electron chi connectivity index (χ2n) is 12.0. The van der Waals surface area contributed by atoms with E-state index in [9.17, 15) is 0 Å². The van der Waals surface area contributed by atoms with Gasteiger partial charge in [-0.05, 0) is 130 Å². The van der Waals surface area contributed by atoms with Gasteiger partial charge in [0, 0.05) is 23.8 Å². The molecule has 8 unspecified atom stereocenters. The molecule has 1 aromatic carbocycles. The van der Waals surface area contributed by atoms with Crippen LogP contribution in [0.4, 0.5) is 0 Å². The number of aromatic nitrogens is 1. The molecule has 31 heavy (non-hydrogen) atoms. The van der Waals surface area contributed by atoms with Crippen LogP contribution in [0.3, 0.4) is 0 Å². The highest BCUT2D eigenvalue weighted by atomic mass is 15.1. The largest absolute Gasteiger partial charge is 0.306 e. The molecule has 4 aliphatic carbocycles. The summed E-state index contributed by atoms with van der Waals surface area (Å²) in [5.41, 5.74) is 2.11. The van der Waals surface area contributed by atoms with Crippen molar-refractivity contribution in [3.8, 4) is 0 Å². The van der Waals surface area contributed by atoms with E-state index in [0.717, 1.165) is 41.5 Å². The van der Waals surface area contributed by atoms with Crippen molar-refractivity contribution >= 4 is 10.8 Å². The van der Waals surface area contributed by atoms with Crippen molar-refractivity contribution in [2.75, 3.05) is 14.1 Å². The van der Waals surface area contributed by atoms with E-state index in [-0.39, 0.29) is 0 Å². The Balaban J connectivity index is 1.24. The zero-order valence-electron chi connectivity index (χ0n) is 19.8. The second kappa shape index (κ2) is 7.58. The Bertz CT molecular complexity index is 951. The third kappa shape index (κ3) is 3.19. The number of hydrogen-bond donors (Lipinski definition) is 0. The van der Waals surface area contributed by atoms with Gasteiger partial charge in [0.25, 0.3) is 0 Å². The van der Waals surface area contributed by atoms with Gasteiger partial charge in [-0.2, -0.15) is 0 Å². The first-order valence-corrected chi connectivity index (χ1v) is 13.0. The molecule has 6 rings (SSSR count). The molecular weight excluding hydrogens is 376 g/mol. The summed E-state index contributed by atoms with van der Waals surface area (Å²) < 4.78 is 0. The number of fused-ring (bicyclic) bond motifs is 6. The average molecular weight is 417 g/mol. The third-order valence-electron chi connectivity index (χ3n) is 10.7. The molecule has 0 aliphatic heterocycles. The highest BCUT2D eigenvalue weighted by Crippen LogP contribution is 2.66. The Morgan fingerprint density at radius 1 is 0.871 bits per heavy atom. The maximum Gasteiger partial charge on any atom is 0.0346 e. The summed E-state index contributed by atoms with van der Waals surface area (Å²) in [6, 6.07) is 10.3. The van der Waals surface area contributed by atoms with Crippen molar-refractivity contribution in [1.29, 1.82) is 0 Å². The van der Waals surface area contributed by atoms with E-state index < -0.39 is 0 Å². The van der Waals surface area contributed by atoms with Crippen LogP contribution in [0.1, 0.15) is 76.2 Å². The minimum Gasteiger partial charge on any atom is -0.306 e. The minimum atomic E-state index is 0.509. The summed E-state index contributed by atoms with van der Waals surface area (Å²) in [6.07, 6.45) is 17.2. The summed E-state index contributed by atoms with van der Waals surface area (Å²) >= 11 is 0. The third-order valence-corrected chi connectivity index (χ3v) is 10.7. The van der Waals surface area contributed by atoms with Gasteiger partial charge in [-0.3, -0.25) is 4.98 Å². The Hall–Kier alpha value is -1.41. The molecule has 0 amide bonds. The van der Waals surface area contributed by atoms with E-state index in [2.05, 4.69) is 55.2 Å². The molecular formula is C29H40N2. The summed E-state index contributed by atoms with van der Waals surface area (Å²) in [5.74, 6) is 5.78. The van der Waals surface area contributed by atoms with Gasteiger partial charge in [0.15, 0.2) is 0 Å². The van der Waals surface area contributed by atoms with Crippen LogP contribution < -0.4 is 0 Å². The van der Waals surface area contributed by atoms with Crippen molar-refractivity contribution in [2.45, 2.75) is 76.7 Å². The fourth-order valence-electron chi connectivity index (χ4n) is 9.16. The second-order valence-corrected chi connectivity index (χ2v) is 12.0. The van der Waals surface area contributed by atoms with Crippen LogP contribution in [0.5, 0.6) is 0 Å². The minimum absolute atomic E-state index is 0.509. The van der Waals surface area contributed by atoms with E-state index in [1.165, 1.54) is 68.6 Å². The topological polar surface area (TPSA) is 16.1 Å². The standard InChI is InChI=1S/C29H40N2/c1-29-14-12-25-24-9-7-23(31(2)3)17-20(24)6-8-26(25)28(29)11-10-27(29)21-4-5-22-18-30-15-13-19(22)16-21/h4-5,13,15-16,18,20,23-28H,6-12,14,17H2,1-3H3. The maximum absolute atomic E-state index is 4.31. The monoisotopic (exact) mass is 416 g/mol. The van der Waals surface area contributed by atoms with Gasteiger partial charge in [0.1, 0.15) is 0 Å². The first kappa shape index (κ1) is 20.2. The summed E-state index contributed by atoms with van der Waals surface area (Å²) in [6.45, 7) is 2.68. The van der Waals surface area contributed by atoms with Gasteiger partial charge in [0.2, 0.25) is 0 Å². The molecule has 0 spiro atoms. The van der Waals surface area contributed by atoms with Crippen molar-refractivity contribution in [1.82, 2.24) is 9.88 Å². The van der Waals surface area contributed by atoms with Gasteiger partial charge >= 0.3 is 0 Å². The van der Waals surface area contributed by atoms with Crippen molar-refractivity contribution in [3.05, 3.63) is 42.2 Å². The molecule has 0 bridgehead atoms. The van der Waals surface area contributed by atoms with Crippen LogP contribution in [-0.4, -0.2) is 30.0 Å². The lowest BCUT2D eigenvalue weighted by atomic mass is 9.49. The number of pyridine rings is 1. The quantitative estimate of drug-likeness (QED) is 0.529. The van der Waals surface area contributed by atoms with Crippen LogP contribution >= 0.6 is 0 Å². The summed E-state index contributed by atoms with van der Waals surface area (Å²) in [5, 5.41) is 2.65. The number of benzene rings is 1. The Labute approximate surface area is 188 Å². The van der Waals surface area contributed by atoms with Gasteiger partial charge in [-0.25, -0.2) is 0 Å². The lowest BCUT2D eigenvalue weighted by Gasteiger charge is -2.56. The first-order chi connectivity index (χ1) is 15.0.